The van der Waals surface area contributed by atoms with Gasteiger partial charge in [0.1, 0.15) is 11.5 Å². The fourth-order valence-electron chi connectivity index (χ4n) is 9.79. The highest BCUT2D eigenvalue weighted by Gasteiger charge is 2.51. The van der Waals surface area contributed by atoms with Crippen LogP contribution in [0.3, 0.4) is 0 Å². The molecule has 8 aromatic carbocycles. The summed E-state index contributed by atoms with van der Waals surface area (Å²) in [5.74, 6) is 2.31. The van der Waals surface area contributed by atoms with Crippen LogP contribution in [0.4, 0.5) is 0 Å². The minimum atomic E-state index is -0.702. The molecule has 1 aliphatic heterocycles. The zero-order valence-electron chi connectivity index (χ0n) is 34.5. The summed E-state index contributed by atoms with van der Waals surface area (Å²) in [5.41, 5.74) is 18.8. The molecule has 3 heterocycles. The van der Waals surface area contributed by atoms with E-state index in [2.05, 4.69) is 205 Å². The zero-order chi connectivity index (χ0) is 41.9. The van der Waals surface area contributed by atoms with E-state index in [0.29, 0.717) is 5.82 Å². The Morgan fingerprint density at radius 1 is 0.349 bits per heavy atom. The lowest BCUT2D eigenvalue weighted by Crippen LogP contribution is -2.32. The molecule has 0 amide bonds. The van der Waals surface area contributed by atoms with Gasteiger partial charge in [0.05, 0.1) is 16.8 Å². The van der Waals surface area contributed by atoms with E-state index in [1.807, 2.05) is 25.3 Å². The maximum absolute atomic E-state index is 6.88. The van der Waals surface area contributed by atoms with Gasteiger partial charge in [-0.2, -0.15) is 0 Å². The third-order valence-electron chi connectivity index (χ3n) is 12.7. The number of para-hydroxylation sites is 1. The molecule has 1 atom stereocenters. The Bertz CT molecular complexity index is 3380. The average molecular weight is 806 g/mol. The third kappa shape index (κ3) is 6.02. The van der Waals surface area contributed by atoms with E-state index in [4.69, 9.17) is 14.7 Å². The van der Waals surface area contributed by atoms with E-state index in [0.717, 1.165) is 89.8 Å². The molecular weight excluding hydrogens is 767 g/mol. The summed E-state index contributed by atoms with van der Waals surface area (Å²) in [6, 6.07) is 75.4. The van der Waals surface area contributed by atoms with Gasteiger partial charge in [0.2, 0.25) is 0 Å². The molecule has 0 saturated carbocycles. The van der Waals surface area contributed by atoms with Crippen molar-refractivity contribution in [1.29, 1.82) is 0 Å². The fourth-order valence-corrected chi connectivity index (χ4v) is 9.79. The maximum atomic E-state index is 6.88. The Kier molecular flexibility index (Phi) is 8.58. The minimum Gasteiger partial charge on any atom is -0.457 e. The maximum Gasteiger partial charge on any atom is 0.160 e. The van der Waals surface area contributed by atoms with Gasteiger partial charge in [-0.3, -0.25) is 4.98 Å². The normalized spacial score (nSPS) is 14.3. The second-order valence-corrected chi connectivity index (χ2v) is 16.4. The summed E-state index contributed by atoms with van der Waals surface area (Å²) in [6.07, 6.45) is 1.98. The number of pyridine rings is 1. The summed E-state index contributed by atoms with van der Waals surface area (Å²) in [4.78, 5) is 15.4. The van der Waals surface area contributed by atoms with Crippen molar-refractivity contribution in [2.24, 2.45) is 0 Å². The van der Waals surface area contributed by atoms with Crippen molar-refractivity contribution in [3.63, 3.8) is 0 Å². The van der Waals surface area contributed by atoms with Gasteiger partial charge in [-0.15, -0.1) is 0 Å². The first-order valence-electron chi connectivity index (χ1n) is 21.4. The van der Waals surface area contributed by atoms with Crippen LogP contribution in [0.1, 0.15) is 27.9 Å². The van der Waals surface area contributed by atoms with Crippen LogP contribution < -0.4 is 4.74 Å². The molecule has 12 rings (SSSR count). The van der Waals surface area contributed by atoms with E-state index < -0.39 is 5.41 Å². The van der Waals surface area contributed by atoms with Crippen molar-refractivity contribution >= 4 is 0 Å². The molecule has 10 aromatic rings. The number of aryl methyl sites for hydroxylation is 1. The highest BCUT2D eigenvalue weighted by Crippen LogP contribution is 2.63. The highest BCUT2D eigenvalue weighted by molar-refractivity contribution is 5.92. The first kappa shape index (κ1) is 36.6. The number of aromatic nitrogens is 3. The monoisotopic (exact) mass is 805 g/mol. The van der Waals surface area contributed by atoms with Crippen LogP contribution in [-0.4, -0.2) is 15.0 Å². The van der Waals surface area contributed by atoms with Gasteiger partial charge < -0.3 is 4.74 Å². The Hall–Kier alpha value is -8.21. The van der Waals surface area contributed by atoms with Gasteiger partial charge in [0, 0.05) is 45.3 Å². The molecule has 1 unspecified atom stereocenters. The predicted molar refractivity (Wildman–Crippen MR) is 255 cm³/mol. The van der Waals surface area contributed by atoms with Gasteiger partial charge >= 0.3 is 0 Å². The van der Waals surface area contributed by atoms with Crippen molar-refractivity contribution in [3.8, 4) is 89.9 Å². The van der Waals surface area contributed by atoms with E-state index >= 15 is 0 Å². The quantitative estimate of drug-likeness (QED) is 0.168. The molecule has 4 heteroatoms. The lowest BCUT2D eigenvalue weighted by atomic mass is 9.65. The lowest BCUT2D eigenvalue weighted by molar-refractivity contribution is 0.436. The first-order chi connectivity index (χ1) is 31.1. The topological polar surface area (TPSA) is 47.9 Å². The molecular formula is C59H39N3O. The molecule has 4 nitrogen and oxygen atoms in total. The van der Waals surface area contributed by atoms with Gasteiger partial charge in [-0.1, -0.05) is 164 Å². The SMILES string of the molecule is Cc1ccc(-c2ccccc2-c2ccc3c(c2)C2(c4ccccc4Oc4ccc(-c5nc(-c6ccccc6)cc(-c6cccc(-c7ccccc7)c6)n5)cc42)c2ccccc2-3)cn1. The number of ether oxygens (including phenoxy) is 1. The van der Waals surface area contributed by atoms with Crippen LogP contribution in [-0.2, 0) is 5.41 Å². The van der Waals surface area contributed by atoms with Crippen LogP contribution in [0.5, 0.6) is 11.5 Å². The van der Waals surface area contributed by atoms with E-state index in [-0.39, 0.29) is 0 Å². The highest BCUT2D eigenvalue weighted by atomic mass is 16.5. The zero-order valence-corrected chi connectivity index (χ0v) is 34.5. The van der Waals surface area contributed by atoms with Crippen LogP contribution in [0.25, 0.3) is 78.4 Å². The summed E-state index contributed by atoms with van der Waals surface area (Å²) in [7, 11) is 0. The van der Waals surface area contributed by atoms with Crippen molar-refractivity contribution in [3.05, 3.63) is 246 Å². The molecule has 2 aromatic heterocycles. The van der Waals surface area contributed by atoms with Gasteiger partial charge in [0.25, 0.3) is 0 Å². The first-order valence-corrected chi connectivity index (χ1v) is 21.4. The molecule has 0 fully saturated rings. The number of fused-ring (bicyclic) bond motifs is 9. The number of benzene rings is 8. The molecule has 0 N–H and O–H groups in total. The second-order valence-electron chi connectivity index (χ2n) is 16.4. The summed E-state index contributed by atoms with van der Waals surface area (Å²) < 4.78 is 6.88. The smallest absolute Gasteiger partial charge is 0.160 e. The van der Waals surface area contributed by atoms with Gasteiger partial charge in [0.15, 0.2) is 5.82 Å². The van der Waals surface area contributed by atoms with E-state index in [9.17, 15) is 0 Å². The summed E-state index contributed by atoms with van der Waals surface area (Å²) in [6.45, 7) is 2.03. The number of rotatable bonds is 6. The molecule has 2 aliphatic rings. The minimum absolute atomic E-state index is 0.647. The number of nitrogens with zero attached hydrogens (tertiary/aromatic N) is 3. The number of hydrogen-bond acceptors (Lipinski definition) is 4. The lowest BCUT2D eigenvalue weighted by Gasteiger charge is -2.39. The van der Waals surface area contributed by atoms with E-state index in [1.54, 1.807) is 0 Å². The van der Waals surface area contributed by atoms with Crippen LogP contribution in [0, 0.1) is 6.92 Å². The second kappa shape index (κ2) is 14.8. The Morgan fingerprint density at radius 2 is 0.921 bits per heavy atom. The van der Waals surface area contributed by atoms with Gasteiger partial charge in [-0.05, 0) is 106 Å². The van der Waals surface area contributed by atoms with Crippen molar-refractivity contribution in [2.75, 3.05) is 0 Å². The van der Waals surface area contributed by atoms with E-state index in [1.165, 1.54) is 22.3 Å². The average Bonchev–Trinajstić information content (AvgIpc) is 3.64. The summed E-state index contributed by atoms with van der Waals surface area (Å²) >= 11 is 0. The molecule has 296 valence electrons. The van der Waals surface area contributed by atoms with Crippen LogP contribution >= 0.6 is 0 Å². The molecule has 0 radical (unpaired) electrons. The molecule has 0 bridgehead atoms. The van der Waals surface area contributed by atoms with Gasteiger partial charge in [-0.25, -0.2) is 9.97 Å². The third-order valence-corrected chi connectivity index (χ3v) is 12.7. The standard InChI is InChI=1S/C59H39N3O/c1-38-27-28-45(37-60-38)47-22-9-8-21-46(47)42-29-31-49-48-23-10-11-24-50(48)59(52(49)34-42)51-25-12-13-26-56(51)63-57-32-30-44(35-53(57)59)58-61-54(40-17-6-3-7-18-40)36-55(62-58)43-20-14-19-41(33-43)39-15-4-2-5-16-39/h2-37H,1H3. The summed E-state index contributed by atoms with van der Waals surface area (Å²) in [5, 5.41) is 0. The fraction of sp³-hybridized carbons (Fsp3) is 0.0339. The Labute approximate surface area is 366 Å². The molecule has 0 saturated heterocycles. The largest absolute Gasteiger partial charge is 0.457 e. The van der Waals surface area contributed by atoms with Crippen LogP contribution in [0.2, 0.25) is 0 Å². The van der Waals surface area contributed by atoms with Crippen molar-refractivity contribution in [2.45, 2.75) is 12.3 Å². The van der Waals surface area contributed by atoms with Crippen molar-refractivity contribution in [1.82, 2.24) is 15.0 Å². The van der Waals surface area contributed by atoms with Crippen LogP contribution in [0.15, 0.2) is 219 Å². The molecule has 63 heavy (non-hydrogen) atoms. The Balaban J connectivity index is 1.08. The van der Waals surface area contributed by atoms with Crippen molar-refractivity contribution < 1.29 is 4.74 Å². The number of hydrogen-bond donors (Lipinski definition) is 0. The molecule has 1 spiro atoms. The Morgan fingerprint density at radius 3 is 1.70 bits per heavy atom. The molecule has 1 aliphatic carbocycles. The predicted octanol–water partition coefficient (Wildman–Crippen LogP) is 14.7.